The molecular formula is C13H19ClN2O2S. The maximum Gasteiger partial charge on any atom is 0.244 e. The van der Waals surface area contributed by atoms with Crippen LogP contribution in [0.3, 0.4) is 0 Å². The number of likely N-dealkylation sites (N-methyl/N-ethyl adjacent to an activating group) is 1. The minimum Gasteiger partial charge on any atom is -0.302 e. The maximum atomic E-state index is 12.4. The number of hydrogen-bond donors (Lipinski definition) is 0. The Balaban J connectivity index is 2.04. The highest BCUT2D eigenvalue weighted by Crippen LogP contribution is 2.23. The fraction of sp³-hybridized carbons (Fsp3) is 0.538. The van der Waals surface area contributed by atoms with Crippen LogP contribution < -0.4 is 0 Å². The third-order valence-corrected chi connectivity index (χ3v) is 5.81. The van der Waals surface area contributed by atoms with E-state index in [2.05, 4.69) is 4.90 Å². The Labute approximate surface area is 120 Å². The molecule has 4 nitrogen and oxygen atoms in total. The van der Waals surface area contributed by atoms with Crippen molar-refractivity contribution in [2.45, 2.75) is 17.7 Å². The van der Waals surface area contributed by atoms with Crippen molar-refractivity contribution in [3.05, 3.63) is 29.3 Å². The largest absolute Gasteiger partial charge is 0.302 e. The minimum atomic E-state index is -3.49. The molecule has 0 unspecified atom stereocenters. The van der Waals surface area contributed by atoms with Gasteiger partial charge < -0.3 is 4.90 Å². The smallest absolute Gasteiger partial charge is 0.244 e. The number of nitrogens with zero attached hydrogens (tertiary/aromatic N) is 2. The molecule has 2 rings (SSSR count). The van der Waals surface area contributed by atoms with Crippen molar-refractivity contribution in [1.82, 2.24) is 9.21 Å². The minimum absolute atomic E-state index is 0.181. The Morgan fingerprint density at radius 2 is 1.89 bits per heavy atom. The molecule has 1 heterocycles. The van der Waals surface area contributed by atoms with Crippen LogP contribution in [-0.4, -0.2) is 50.8 Å². The van der Waals surface area contributed by atoms with Gasteiger partial charge in [-0.25, -0.2) is 8.42 Å². The van der Waals surface area contributed by atoms with Gasteiger partial charge in [0.05, 0.1) is 5.02 Å². The average molecular weight is 303 g/mol. The average Bonchev–Trinajstić information content (AvgIpc) is 2.89. The molecule has 1 saturated heterocycles. The normalized spacial score (nSPS) is 17.2. The third kappa shape index (κ3) is 3.48. The highest BCUT2D eigenvalue weighted by Gasteiger charge is 2.23. The molecule has 106 valence electrons. The summed E-state index contributed by atoms with van der Waals surface area (Å²) in [5.41, 5.74) is 0. The summed E-state index contributed by atoms with van der Waals surface area (Å²) < 4.78 is 26.1. The van der Waals surface area contributed by atoms with Gasteiger partial charge in [-0.3, -0.25) is 0 Å². The first kappa shape index (κ1) is 14.8. The van der Waals surface area contributed by atoms with Gasteiger partial charge in [-0.1, -0.05) is 23.7 Å². The summed E-state index contributed by atoms with van der Waals surface area (Å²) >= 11 is 5.96. The molecule has 0 aromatic heterocycles. The zero-order chi connectivity index (χ0) is 13.9. The van der Waals surface area contributed by atoms with Crippen LogP contribution in [-0.2, 0) is 10.0 Å². The predicted octanol–water partition coefficient (Wildman–Crippen LogP) is 2.06. The molecule has 1 aromatic rings. The summed E-state index contributed by atoms with van der Waals surface area (Å²) in [6.45, 7) is 3.41. The molecule has 0 bridgehead atoms. The van der Waals surface area contributed by atoms with E-state index in [9.17, 15) is 8.42 Å². The second-order valence-electron chi connectivity index (χ2n) is 4.81. The van der Waals surface area contributed by atoms with Crippen molar-refractivity contribution in [2.24, 2.45) is 0 Å². The second-order valence-corrected chi connectivity index (χ2v) is 7.23. The fourth-order valence-corrected chi connectivity index (χ4v) is 3.88. The highest BCUT2D eigenvalue weighted by atomic mass is 35.5. The molecule has 0 radical (unpaired) electrons. The lowest BCUT2D eigenvalue weighted by Crippen LogP contribution is -2.35. The molecule has 1 aromatic carbocycles. The maximum absolute atomic E-state index is 12.4. The molecule has 1 aliphatic heterocycles. The van der Waals surface area contributed by atoms with Crippen LogP contribution in [0.1, 0.15) is 12.8 Å². The molecule has 0 aliphatic carbocycles. The van der Waals surface area contributed by atoms with Gasteiger partial charge in [0, 0.05) is 20.1 Å². The Morgan fingerprint density at radius 1 is 1.26 bits per heavy atom. The number of rotatable bonds is 5. The van der Waals surface area contributed by atoms with E-state index in [4.69, 9.17) is 11.6 Å². The van der Waals surface area contributed by atoms with Gasteiger partial charge in [0.2, 0.25) is 10.0 Å². The molecule has 0 N–H and O–H groups in total. The van der Waals surface area contributed by atoms with Gasteiger partial charge in [0.15, 0.2) is 0 Å². The van der Waals surface area contributed by atoms with E-state index in [0.717, 1.165) is 19.6 Å². The Bertz CT molecular complexity index is 527. The Hall–Kier alpha value is -0.620. The zero-order valence-corrected chi connectivity index (χ0v) is 12.6. The molecular weight excluding hydrogens is 284 g/mol. The quantitative estimate of drug-likeness (QED) is 0.836. The standard InChI is InChI=1S/C13H19ClN2O2S/c1-15(10-11-16-8-4-5-9-16)19(17,18)13-7-3-2-6-12(13)14/h2-3,6-7H,4-5,8-11H2,1H3. The monoisotopic (exact) mass is 302 g/mol. The van der Waals surface area contributed by atoms with E-state index in [-0.39, 0.29) is 9.92 Å². The Kier molecular flexibility index (Phi) is 4.84. The predicted molar refractivity (Wildman–Crippen MR) is 76.9 cm³/mol. The van der Waals surface area contributed by atoms with E-state index >= 15 is 0 Å². The fourth-order valence-electron chi connectivity index (χ4n) is 2.23. The van der Waals surface area contributed by atoms with Crippen molar-refractivity contribution < 1.29 is 8.42 Å². The van der Waals surface area contributed by atoms with Crippen molar-refractivity contribution in [3.8, 4) is 0 Å². The number of benzene rings is 1. The Morgan fingerprint density at radius 3 is 2.53 bits per heavy atom. The van der Waals surface area contributed by atoms with Crippen molar-refractivity contribution in [2.75, 3.05) is 33.2 Å². The second kappa shape index (κ2) is 6.22. The lowest BCUT2D eigenvalue weighted by Gasteiger charge is -2.21. The van der Waals surface area contributed by atoms with Crippen LogP contribution in [0, 0.1) is 0 Å². The third-order valence-electron chi connectivity index (χ3n) is 3.45. The molecule has 6 heteroatoms. The van der Waals surface area contributed by atoms with Crippen LogP contribution in [0.4, 0.5) is 0 Å². The van der Waals surface area contributed by atoms with E-state index in [1.54, 1.807) is 31.3 Å². The number of halogens is 1. The zero-order valence-electron chi connectivity index (χ0n) is 11.0. The van der Waals surface area contributed by atoms with Crippen LogP contribution in [0.2, 0.25) is 5.02 Å². The summed E-state index contributed by atoms with van der Waals surface area (Å²) in [6.07, 6.45) is 2.42. The summed E-state index contributed by atoms with van der Waals surface area (Å²) in [6, 6.07) is 6.56. The van der Waals surface area contributed by atoms with Crippen LogP contribution in [0.25, 0.3) is 0 Å². The van der Waals surface area contributed by atoms with Gasteiger partial charge in [0.25, 0.3) is 0 Å². The SMILES string of the molecule is CN(CCN1CCCC1)S(=O)(=O)c1ccccc1Cl. The molecule has 1 aliphatic rings. The lowest BCUT2D eigenvalue weighted by molar-refractivity contribution is 0.310. The lowest BCUT2D eigenvalue weighted by atomic mass is 10.4. The van der Waals surface area contributed by atoms with Gasteiger partial charge in [-0.15, -0.1) is 0 Å². The van der Waals surface area contributed by atoms with Crippen LogP contribution in [0.15, 0.2) is 29.2 Å². The van der Waals surface area contributed by atoms with Crippen molar-refractivity contribution in [3.63, 3.8) is 0 Å². The van der Waals surface area contributed by atoms with Crippen molar-refractivity contribution in [1.29, 1.82) is 0 Å². The summed E-state index contributed by atoms with van der Waals surface area (Å²) in [4.78, 5) is 2.47. The van der Waals surface area contributed by atoms with E-state index in [1.807, 2.05) is 0 Å². The molecule has 0 atom stereocenters. The molecule has 1 fully saturated rings. The summed E-state index contributed by atoms with van der Waals surface area (Å²) in [5.74, 6) is 0. The number of likely N-dealkylation sites (tertiary alicyclic amines) is 1. The molecule has 0 amide bonds. The summed E-state index contributed by atoms with van der Waals surface area (Å²) in [5, 5.41) is 0.274. The number of hydrogen-bond acceptors (Lipinski definition) is 3. The van der Waals surface area contributed by atoms with Gasteiger partial charge in [-0.05, 0) is 38.1 Å². The van der Waals surface area contributed by atoms with Crippen LogP contribution in [0.5, 0.6) is 0 Å². The van der Waals surface area contributed by atoms with Crippen LogP contribution >= 0.6 is 11.6 Å². The molecule has 0 saturated carbocycles. The van der Waals surface area contributed by atoms with Crippen molar-refractivity contribution >= 4 is 21.6 Å². The van der Waals surface area contributed by atoms with Gasteiger partial charge in [0.1, 0.15) is 4.90 Å². The van der Waals surface area contributed by atoms with E-state index in [1.165, 1.54) is 17.1 Å². The van der Waals surface area contributed by atoms with Gasteiger partial charge in [-0.2, -0.15) is 4.31 Å². The first-order valence-electron chi connectivity index (χ1n) is 6.45. The van der Waals surface area contributed by atoms with Gasteiger partial charge >= 0.3 is 0 Å². The van der Waals surface area contributed by atoms with E-state index in [0.29, 0.717) is 6.54 Å². The van der Waals surface area contributed by atoms with E-state index < -0.39 is 10.0 Å². The highest BCUT2D eigenvalue weighted by molar-refractivity contribution is 7.89. The number of sulfonamides is 1. The topological polar surface area (TPSA) is 40.6 Å². The first-order valence-corrected chi connectivity index (χ1v) is 8.27. The first-order chi connectivity index (χ1) is 9.01. The molecule has 0 spiro atoms. The summed E-state index contributed by atoms with van der Waals surface area (Å²) in [7, 11) is -1.88. The molecule has 19 heavy (non-hydrogen) atoms.